The Kier molecular flexibility index (Phi) is 4.85. The molecule has 30 heavy (non-hydrogen) atoms. The second-order valence-corrected chi connectivity index (χ2v) is 9.29. The number of nitrogens with two attached hydrogens (primary N) is 1. The lowest BCUT2D eigenvalue weighted by Crippen LogP contribution is -2.31. The van der Waals surface area contributed by atoms with E-state index in [4.69, 9.17) is 10.8 Å². The first-order valence-corrected chi connectivity index (χ1v) is 11.6. The fourth-order valence-corrected chi connectivity index (χ4v) is 6.20. The Labute approximate surface area is 179 Å². The van der Waals surface area contributed by atoms with Gasteiger partial charge >= 0.3 is 0 Å². The number of carbonyl (C=O) groups is 2. The molecule has 2 aliphatic rings. The van der Waals surface area contributed by atoms with Crippen LogP contribution in [0.1, 0.15) is 69.1 Å². The van der Waals surface area contributed by atoms with Crippen LogP contribution in [0, 0.1) is 0 Å². The SMILES string of the molecule is CCn1nc2c(c1C(=O)N1CC[C@@H](c3c(C(N)=O)sc4ccccc34)C1)CCCC2. The van der Waals surface area contributed by atoms with Crippen LogP contribution >= 0.6 is 11.3 Å². The number of carbonyl (C=O) groups excluding carboxylic acids is 2. The third kappa shape index (κ3) is 3.03. The van der Waals surface area contributed by atoms with E-state index in [0.29, 0.717) is 24.5 Å². The molecule has 0 saturated carbocycles. The number of aromatic nitrogens is 2. The van der Waals surface area contributed by atoms with E-state index in [-0.39, 0.29) is 17.7 Å². The lowest BCUT2D eigenvalue weighted by Gasteiger charge is -2.19. The molecule has 2 aromatic heterocycles. The topological polar surface area (TPSA) is 81.2 Å². The minimum Gasteiger partial charge on any atom is -0.365 e. The quantitative estimate of drug-likeness (QED) is 0.696. The summed E-state index contributed by atoms with van der Waals surface area (Å²) in [5.74, 6) is -0.175. The molecule has 1 atom stereocenters. The molecule has 3 aromatic rings. The van der Waals surface area contributed by atoms with Gasteiger partial charge in [0, 0.05) is 35.8 Å². The predicted molar refractivity (Wildman–Crippen MR) is 118 cm³/mol. The van der Waals surface area contributed by atoms with Crippen LogP contribution in [0.25, 0.3) is 10.1 Å². The zero-order valence-corrected chi connectivity index (χ0v) is 18.0. The first-order valence-electron chi connectivity index (χ1n) is 10.8. The third-order valence-electron chi connectivity index (χ3n) is 6.47. The Hall–Kier alpha value is -2.67. The standard InChI is InChI=1S/C23H26N4O2S/c1-2-27-20(15-7-3-5-9-17(15)25-27)23(29)26-12-11-14(13-26)19-16-8-4-6-10-18(16)30-21(19)22(24)28/h4,6,8,10,14H,2-3,5,7,9,11-13H2,1H3,(H2,24,28)/t14-/m1/s1. The van der Waals surface area contributed by atoms with E-state index >= 15 is 0 Å². The zero-order valence-electron chi connectivity index (χ0n) is 17.2. The Morgan fingerprint density at radius 2 is 2.03 bits per heavy atom. The molecule has 156 valence electrons. The van der Waals surface area contributed by atoms with Crippen LogP contribution in [0.15, 0.2) is 24.3 Å². The second-order valence-electron chi connectivity index (χ2n) is 8.24. The number of nitrogens with zero attached hydrogens (tertiary/aromatic N) is 3. The molecule has 1 aliphatic carbocycles. The van der Waals surface area contributed by atoms with Crippen LogP contribution in [0.4, 0.5) is 0 Å². The lowest BCUT2D eigenvalue weighted by atomic mass is 9.94. The third-order valence-corrected chi connectivity index (χ3v) is 7.67. The molecule has 1 aliphatic heterocycles. The molecule has 6 nitrogen and oxygen atoms in total. The molecule has 5 rings (SSSR count). The predicted octanol–water partition coefficient (Wildman–Crippen LogP) is 3.73. The number of likely N-dealkylation sites (tertiary alicyclic amines) is 1. The molecule has 0 radical (unpaired) electrons. The van der Waals surface area contributed by atoms with Crippen LogP contribution < -0.4 is 5.73 Å². The Morgan fingerprint density at radius 3 is 2.83 bits per heavy atom. The number of fused-ring (bicyclic) bond motifs is 2. The summed E-state index contributed by atoms with van der Waals surface area (Å²) in [7, 11) is 0. The fourth-order valence-electron chi connectivity index (χ4n) is 5.06. The molecular formula is C23H26N4O2S. The highest BCUT2D eigenvalue weighted by molar-refractivity contribution is 7.21. The molecule has 1 aromatic carbocycles. The van der Waals surface area contributed by atoms with E-state index in [2.05, 4.69) is 6.07 Å². The van der Waals surface area contributed by atoms with Crippen molar-refractivity contribution in [2.75, 3.05) is 13.1 Å². The van der Waals surface area contributed by atoms with Gasteiger partial charge in [-0.3, -0.25) is 14.3 Å². The Bertz CT molecular complexity index is 1150. The van der Waals surface area contributed by atoms with E-state index in [1.807, 2.05) is 34.7 Å². The monoisotopic (exact) mass is 422 g/mol. The van der Waals surface area contributed by atoms with Crippen LogP contribution in [-0.4, -0.2) is 39.6 Å². The van der Waals surface area contributed by atoms with Crippen molar-refractivity contribution in [3.63, 3.8) is 0 Å². The highest BCUT2D eigenvalue weighted by Gasteiger charge is 2.35. The Balaban J connectivity index is 1.47. The van der Waals surface area contributed by atoms with Crippen LogP contribution in [-0.2, 0) is 19.4 Å². The van der Waals surface area contributed by atoms with Gasteiger partial charge in [-0.05, 0) is 56.0 Å². The van der Waals surface area contributed by atoms with Crippen molar-refractivity contribution in [1.82, 2.24) is 14.7 Å². The van der Waals surface area contributed by atoms with Crippen molar-refractivity contribution < 1.29 is 9.59 Å². The number of benzene rings is 1. The Morgan fingerprint density at radius 1 is 1.23 bits per heavy atom. The summed E-state index contributed by atoms with van der Waals surface area (Å²) in [5, 5.41) is 5.81. The summed E-state index contributed by atoms with van der Waals surface area (Å²) in [6.45, 7) is 4.05. The maximum atomic E-state index is 13.5. The van der Waals surface area contributed by atoms with E-state index in [9.17, 15) is 9.59 Å². The normalized spacial score (nSPS) is 18.7. The van der Waals surface area contributed by atoms with Crippen molar-refractivity contribution in [3.8, 4) is 0 Å². The van der Waals surface area contributed by atoms with Crippen LogP contribution in [0.5, 0.6) is 0 Å². The average molecular weight is 423 g/mol. The average Bonchev–Trinajstić information content (AvgIpc) is 3.47. The van der Waals surface area contributed by atoms with Crippen LogP contribution in [0.2, 0.25) is 0 Å². The zero-order chi connectivity index (χ0) is 20.8. The molecule has 7 heteroatoms. The number of aryl methyl sites for hydroxylation is 2. The number of primary amides is 1. The van der Waals surface area contributed by atoms with Gasteiger partial charge in [0.05, 0.1) is 10.6 Å². The van der Waals surface area contributed by atoms with Gasteiger partial charge in [-0.2, -0.15) is 5.10 Å². The van der Waals surface area contributed by atoms with Crippen molar-refractivity contribution in [1.29, 1.82) is 0 Å². The maximum Gasteiger partial charge on any atom is 0.272 e. The number of amides is 2. The fraction of sp³-hybridized carbons (Fsp3) is 0.435. The molecule has 1 fully saturated rings. The van der Waals surface area contributed by atoms with Crippen LogP contribution in [0.3, 0.4) is 0 Å². The number of hydrogen-bond acceptors (Lipinski definition) is 4. The molecule has 3 heterocycles. The van der Waals surface area contributed by atoms with E-state index in [1.165, 1.54) is 11.3 Å². The van der Waals surface area contributed by atoms with Gasteiger partial charge in [0.25, 0.3) is 11.8 Å². The van der Waals surface area contributed by atoms with Gasteiger partial charge in [-0.25, -0.2) is 0 Å². The highest BCUT2D eigenvalue weighted by Crippen LogP contribution is 2.40. The highest BCUT2D eigenvalue weighted by atomic mass is 32.1. The summed E-state index contributed by atoms with van der Waals surface area (Å²) in [4.78, 5) is 28.2. The summed E-state index contributed by atoms with van der Waals surface area (Å²) < 4.78 is 2.96. The molecule has 0 spiro atoms. The van der Waals surface area contributed by atoms with Gasteiger partial charge in [-0.15, -0.1) is 11.3 Å². The minimum atomic E-state index is -0.380. The van der Waals surface area contributed by atoms with Crippen molar-refractivity contribution in [2.45, 2.75) is 51.5 Å². The van der Waals surface area contributed by atoms with Crippen molar-refractivity contribution in [2.24, 2.45) is 5.73 Å². The van der Waals surface area contributed by atoms with Gasteiger partial charge in [0.2, 0.25) is 0 Å². The summed E-state index contributed by atoms with van der Waals surface area (Å²) in [6.07, 6.45) is 5.01. The molecule has 2 amide bonds. The first-order chi connectivity index (χ1) is 14.6. The van der Waals surface area contributed by atoms with Gasteiger partial charge in [0.1, 0.15) is 5.69 Å². The molecule has 0 bridgehead atoms. The van der Waals surface area contributed by atoms with E-state index in [0.717, 1.165) is 64.7 Å². The second kappa shape index (κ2) is 7.54. The minimum absolute atomic E-state index is 0.0789. The van der Waals surface area contributed by atoms with Gasteiger partial charge in [0.15, 0.2) is 0 Å². The maximum absolute atomic E-state index is 13.5. The molecule has 1 saturated heterocycles. The lowest BCUT2D eigenvalue weighted by molar-refractivity contribution is 0.0777. The van der Waals surface area contributed by atoms with E-state index in [1.54, 1.807) is 0 Å². The number of thiophene rings is 1. The first kappa shape index (κ1) is 19.3. The van der Waals surface area contributed by atoms with E-state index < -0.39 is 0 Å². The van der Waals surface area contributed by atoms with Crippen molar-refractivity contribution >= 4 is 33.2 Å². The number of rotatable bonds is 4. The van der Waals surface area contributed by atoms with Gasteiger partial charge in [-0.1, -0.05) is 18.2 Å². The molecular weight excluding hydrogens is 396 g/mol. The van der Waals surface area contributed by atoms with Crippen molar-refractivity contribution in [3.05, 3.63) is 51.7 Å². The summed E-state index contributed by atoms with van der Waals surface area (Å²) in [5.41, 5.74) is 9.75. The number of hydrogen-bond donors (Lipinski definition) is 1. The van der Waals surface area contributed by atoms with Gasteiger partial charge < -0.3 is 10.6 Å². The largest absolute Gasteiger partial charge is 0.365 e. The summed E-state index contributed by atoms with van der Waals surface area (Å²) in [6, 6.07) is 8.06. The molecule has 2 N–H and O–H groups in total. The summed E-state index contributed by atoms with van der Waals surface area (Å²) >= 11 is 1.46. The molecule has 0 unspecified atom stereocenters. The smallest absolute Gasteiger partial charge is 0.272 e.